The van der Waals surface area contributed by atoms with Crippen molar-refractivity contribution in [1.29, 1.82) is 0 Å². The lowest BCUT2D eigenvalue weighted by molar-refractivity contribution is 0.0488. The molecule has 0 fully saturated rings. The Morgan fingerprint density at radius 3 is 2.70 bits per heavy atom. The first-order valence-corrected chi connectivity index (χ1v) is 6.47. The minimum atomic E-state index is -0.578. The zero-order valence-electron chi connectivity index (χ0n) is 11.6. The summed E-state index contributed by atoms with van der Waals surface area (Å²) in [5, 5.41) is 0. The van der Waals surface area contributed by atoms with Crippen LogP contribution in [0.1, 0.15) is 42.9 Å². The van der Waals surface area contributed by atoms with Gasteiger partial charge in [0.1, 0.15) is 5.82 Å². The lowest BCUT2D eigenvalue weighted by Crippen LogP contribution is -2.07. The molecule has 0 radical (unpaired) electrons. The van der Waals surface area contributed by atoms with Gasteiger partial charge in [-0.05, 0) is 25.0 Å². The lowest BCUT2D eigenvalue weighted by Gasteiger charge is -2.02. The number of ether oxygens (including phenoxy) is 1. The fourth-order valence-electron chi connectivity index (χ4n) is 1.82. The van der Waals surface area contributed by atoms with Gasteiger partial charge in [-0.3, -0.25) is 0 Å². The second-order valence-electron chi connectivity index (χ2n) is 4.59. The molecule has 0 aliphatic heterocycles. The van der Waals surface area contributed by atoms with Crippen molar-refractivity contribution in [2.24, 2.45) is 0 Å². The van der Waals surface area contributed by atoms with Gasteiger partial charge in [-0.2, -0.15) is 0 Å². The fourth-order valence-corrected chi connectivity index (χ4v) is 1.82. The molecule has 0 spiro atoms. The number of carbonyl (C=O) groups is 1. The summed E-state index contributed by atoms with van der Waals surface area (Å²) in [7, 11) is 0. The van der Waals surface area contributed by atoms with Gasteiger partial charge in [0.05, 0.1) is 17.9 Å². The Kier molecular flexibility index (Phi) is 4.17. The van der Waals surface area contributed by atoms with E-state index in [1.54, 1.807) is 25.1 Å². The first-order chi connectivity index (χ1) is 9.54. The molecule has 0 aliphatic rings. The van der Waals surface area contributed by atoms with Crippen molar-refractivity contribution in [3.63, 3.8) is 0 Å². The van der Waals surface area contributed by atoms with Crippen molar-refractivity contribution in [2.75, 3.05) is 6.61 Å². The van der Waals surface area contributed by atoms with Crippen LogP contribution in [0.5, 0.6) is 0 Å². The Morgan fingerprint density at radius 1 is 1.40 bits per heavy atom. The molecule has 1 aromatic heterocycles. The first-order valence-electron chi connectivity index (χ1n) is 6.47. The molecular weight excluding hydrogens is 261 g/mol. The molecule has 4 nitrogen and oxygen atoms in total. The number of halogens is 1. The van der Waals surface area contributed by atoms with Crippen LogP contribution < -0.4 is 0 Å². The van der Waals surface area contributed by atoms with Crippen molar-refractivity contribution in [1.82, 2.24) is 4.98 Å². The number of nitrogens with zero attached hydrogens (tertiary/aromatic N) is 1. The largest absolute Gasteiger partial charge is 0.460 e. The fraction of sp³-hybridized carbons (Fsp3) is 0.333. The van der Waals surface area contributed by atoms with Gasteiger partial charge in [-0.15, -0.1) is 0 Å². The molecule has 0 saturated carbocycles. The zero-order valence-corrected chi connectivity index (χ0v) is 11.6. The summed E-state index contributed by atoms with van der Waals surface area (Å²) < 4.78 is 24.1. The number of oxazole rings is 1. The highest BCUT2D eigenvalue weighted by Gasteiger charge is 2.24. The summed E-state index contributed by atoms with van der Waals surface area (Å²) in [5.74, 6) is -0.917. The van der Waals surface area contributed by atoms with Gasteiger partial charge < -0.3 is 9.15 Å². The molecule has 0 N–H and O–H groups in total. The average molecular weight is 277 g/mol. The third kappa shape index (κ3) is 2.71. The smallest absolute Gasteiger partial charge is 0.376 e. The van der Waals surface area contributed by atoms with Gasteiger partial charge in [0, 0.05) is 0 Å². The van der Waals surface area contributed by atoms with Crippen LogP contribution in [0, 0.1) is 5.82 Å². The highest BCUT2D eigenvalue weighted by Crippen LogP contribution is 2.28. The van der Waals surface area contributed by atoms with E-state index in [0.717, 1.165) is 0 Å². The Balaban J connectivity index is 2.50. The molecule has 2 aromatic rings. The summed E-state index contributed by atoms with van der Waals surface area (Å²) in [6.45, 7) is 5.71. The van der Waals surface area contributed by atoms with Gasteiger partial charge in [-0.1, -0.05) is 26.0 Å². The van der Waals surface area contributed by atoms with E-state index >= 15 is 0 Å². The number of aromatic nitrogens is 1. The van der Waals surface area contributed by atoms with Crippen molar-refractivity contribution in [2.45, 2.75) is 26.7 Å². The molecule has 1 aromatic carbocycles. The summed E-state index contributed by atoms with van der Waals surface area (Å²) >= 11 is 0. The third-order valence-electron chi connectivity index (χ3n) is 2.77. The van der Waals surface area contributed by atoms with E-state index in [2.05, 4.69) is 4.98 Å². The Morgan fingerprint density at radius 2 is 2.10 bits per heavy atom. The van der Waals surface area contributed by atoms with Crippen LogP contribution in [-0.4, -0.2) is 17.6 Å². The predicted octanol–water partition coefficient (Wildman–Crippen LogP) is 3.78. The number of hydrogen-bond acceptors (Lipinski definition) is 4. The number of esters is 1. The SMILES string of the molecule is CCOC(=O)c1oc(-c2ccccc2F)nc1C(C)C. The molecule has 0 saturated heterocycles. The third-order valence-corrected chi connectivity index (χ3v) is 2.77. The number of carbonyl (C=O) groups excluding carboxylic acids is 1. The monoisotopic (exact) mass is 277 g/mol. The normalized spacial score (nSPS) is 10.8. The van der Waals surface area contributed by atoms with Gasteiger partial charge in [0.2, 0.25) is 11.7 Å². The highest BCUT2D eigenvalue weighted by molar-refractivity contribution is 5.88. The van der Waals surface area contributed by atoms with Gasteiger partial charge >= 0.3 is 5.97 Å². The van der Waals surface area contributed by atoms with Gasteiger partial charge in [0.15, 0.2) is 0 Å². The van der Waals surface area contributed by atoms with Crippen molar-refractivity contribution in [3.05, 3.63) is 41.5 Å². The van der Waals surface area contributed by atoms with Crippen LogP contribution in [0.15, 0.2) is 28.7 Å². The van der Waals surface area contributed by atoms with Crippen LogP contribution in [0.3, 0.4) is 0 Å². The van der Waals surface area contributed by atoms with E-state index in [0.29, 0.717) is 5.69 Å². The molecule has 106 valence electrons. The Labute approximate surface area is 116 Å². The van der Waals surface area contributed by atoms with Crippen LogP contribution in [-0.2, 0) is 4.74 Å². The van der Waals surface area contributed by atoms with Crippen LogP contribution >= 0.6 is 0 Å². The molecule has 0 bridgehead atoms. The number of rotatable bonds is 4. The van der Waals surface area contributed by atoms with Crippen molar-refractivity contribution < 1.29 is 18.3 Å². The maximum absolute atomic E-state index is 13.8. The topological polar surface area (TPSA) is 52.3 Å². The summed E-state index contributed by atoms with van der Waals surface area (Å²) in [5.41, 5.74) is 0.701. The standard InChI is InChI=1S/C15H16FNO3/c1-4-19-15(18)13-12(9(2)3)17-14(20-13)10-7-5-6-8-11(10)16/h5-9H,4H2,1-3H3. The van der Waals surface area contributed by atoms with Crippen LogP contribution in [0.4, 0.5) is 4.39 Å². The quantitative estimate of drug-likeness (QED) is 0.798. The second kappa shape index (κ2) is 5.86. The average Bonchev–Trinajstić information content (AvgIpc) is 2.84. The molecule has 1 heterocycles. The maximum Gasteiger partial charge on any atom is 0.376 e. The van der Waals surface area contributed by atoms with Gasteiger partial charge in [-0.25, -0.2) is 14.2 Å². The lowest BCUT2D eigenvalue weighted by atomic mass is 10.1. The Hall–Kier alpha value is -2.17. The molecule has 2 rings (SSSR count). The van der Waals surface area contributed by atoms with Crippen LogP contribution in [0.25, 0.3) is 11.5 Å². The summed E-state index contributed by atoms with van der Waals surface area (Å²) in [6, 6.07) is 6.14. The minimum absolute atomic E-state index is 0.0290. The predicted molar refractivity (Wildman–Crippen MR) is 71.9 cm³/mol. The number of benzene rings is 1. The van der Waals surface area contributed by atoms with Crippen molar-refractivity contribution in [3.8, 4) is 11.5 Å². The molecule has 0 atom stereocenters. The second-order valence-corrected chi connectivity index (χ2v) is 4.59. The molecule has 0 aliphatic carbocycles. The summed E-state index contributed by atoms with van der Waals surface area (Å²) in [4.78, 5) is 16.1. The van der Waals surface area contributed by atoms with Gasteiger partial charge in [0.25, 0.3) is 0 Å². The van der Waals surface area contributed by atoms with E-state index in [4.69, 9.17) is 9.15 Å². The zero-order chi connectivity index (χ0) is 14.7. The van der Waals surface area contributed by atoms with Crippen molar-refractivity contribution >= 4 is 5.97 Å². The Bertz CT molecular complexity index is 619. The molecular formula is C15H16FNO3. The molecule has 0 unspecified atom stereocenters. The molecule has 20 heavy (non-hydrogen) atoms. The highest BCUT2D eigenvalue weighted by atomic mass is 19.1. The minimum Gasteiger partial charge on any atom is -0.460 e. The van der Waals surface area contributed by atoms with E-state index in [1.165, 1.54) is 6.07 Å². The number of hydrogen-bond donors (Lipinski definition) is 0. The maximum atomic E-state index is 13.8. The van der Waals surface area contributed by atoms with Crippen LogP contribution in [0.2, 0.25) is 0 Å². The summed E-state index contributed by atoms with van der Waals surface area (Å²) in [6.07, 6.45) is 0. The first kappa shape index (κ1) is 14.2. The van der Waals surface area contributed by atoms with E-state index in [9.17, 15) is 9.18 Å². The van der Waals surface area contributed by atoms with E-state index in [1.807, 2.05) is 13.8 Å². The molecule has 5 heteroatoms. The van der Waals surface area contributed by atoms with E-state index in [-0.39, 0.29) is 29.7 Å². The molecule has 0 amide bonds. The van der Waals surface area contributed by atoms with E-state index < -0.39 is 11.8 Å².